The van der Waals surface area contributed by atoms with Crippen LogP contribution in [-0.4, -0.2) is 63.4 Å². The molecule has 6 rings (SSSR count). The molecule has 2 unspecified atom stereocenters. The van der Waals surface area contributed by atoms with Crippen molar-refractivity contribution in [2.24, 2.45) is 17.3 Å². The summed E-state index contributed by atoms with van der Waals surface area (Å²) in [6.45, 7) is 10.6. The minimum atomic E-state index is -0.0848. The van der Waals surface area contributed by atoms with Gasteiger partial charge in [-0.3, -0.25) is 4.79 Å². The molecule has 6 heteroatoms. The number of hydrogen-bond donors (Lipinski definition) is 1. The topological polar surface area (TPSA) is 54.0 Å². The van der Waals surface area contributed by atoms with Crippen LogP contribution in [0, 0.1) is 24.2 Å². The molecular weight excluding hydrogens is 450 g/mol. The van der Waals surface area contributed by atoms with Gasteiger partial charge in [-0.05, 0) is 105 Å². The molecule has 2 atom stereocenters. The van der Waals surface area contributed by atoms with Crippen LogP contribution >= 0.6 is 0 Å². The van der Waals surface area contributed by atoms with E-state index in [1.165, 1.54) is 57.4 Å². The van der Waals surface area contributed by atoms with Gasteiger partial charge >= 0.3 is 0 Å². The van der Waals surface area contributed by atoms with Crippen LogP contribution in [0.3, 0.4) is 0 Å². The molecule has 1 spiro atoms. The minimum Gasteiger partial charge on any atom is -0.493 e. The van der Waals surface area contributed by atoms with Gasteiger partial charge in [-0.2, -0.15) is 0 Å². The van der Waals surface area contributed by atoms with Crippen molar-refractivity contribution in [3.05, 3.63) is 53.6 Å². The van der Waals surface area contributed by atoms with Gasteiger partial charge in [0, 0.05) is 55.1 Å². The molecule has 0 bridgehead atoms. The summed E-state index contributed by atoms with van der Waals surface area (Å²) in [6, 6.07) is 13.9. The lowest BCUT2D eigenvalue weighted by Crippen LogP contribution is -2.33. The molecule has 1 N–H and O–H groups in total. The molecule has 1 saturated carbocycles. The maximum Gasteiger partial charge on any atom is 0.255 e. The number of rotatable bonds is 8. The van der Waals surface area contributed by atoms with Gasteiger partial charge in [-0.15, -0.1) is 0 Å². The average molecular weight is 490 g/mol. The number of amides is 1. The van der Waals surface area contributed by atoms with E-state index in [1.807, 2.05) is 24.3 Å². The Kier molecular flexibility index (Phi) is 6.65. The van der Waals surface area contributed by atoms with E-state index in [0.29, 0.717) is 11.0 Å². The molecule has 4 fully saturated rings. The zero-order valence-corrected chi connectivity index (χ0v) is 21.5. The van der Waals surface area contributed by atoms with Crippen molar-refractivity contribution in [2.75, 3.05) is 62.8 Å². The lowest BCUT2D eigenvalue weighted by Gasteiger charge is -2.27. The van der Waals surface area contributed by atoms with Crippen molar-refractivity contribution < 1.29 is 14.3 Å². The first-order valence-electron chi connectivity index (χ1n) is 13.8. The maximum atomic E-state index is 12.8. The van der Waals surface area contributed by atoms with Crippen LogP contribution in [-0.2, 0) is 4.74 Å². The van der Waals surface area contributed by atoms with E-state index in [4.69, 9.17) is 9.47 Å². The Morgan fingerprint density at radius 1 is 1.06 bits per heavy atom. The van der Waals surface area contributed by atoms with Crippen LogP contribution < -0.4 is 15.0 Å². The summed E-state index contributed by atoms with van der Waals surface area (Å²) in [7, 11) is 0. The van der Waals surface area contributed by atoms with Gasteiger partial charge in [0.05, 0.1) is 13.2 Å². The number of aryl methyl sites for hydroxylation is 1. The highest BCUT2D eigenvalue weighted by Crippen LogP contribution is 2.42. The number of likely N-dealkylation sites (tertiary alicyclic amines) is 1. The largest absolute Gasteiger partial charge is 0.493 e. The van der Waals surface area contributed by atoms with Crippen LogP contribution in [0.4, 0.5) is 11.4 Å². The molecular formula is C30H39N3O3. The van der Waals surface area contributed by atoms with E-state index in [0.717, 1.165) is 61.7 Å². The molecule has 192 valence electrons. The highest BCUT2D eigenvalue weighted by atomic mass is 16.5. The number of ether oxygens (including phenoxy) is 2. The summed E-state index contributed by atoms with van der Waals surface area (Å²) < 4.78 is 11.4. The van der Waals surface area contributed by atoms with Crippen molar-refractivity contribution in [1.82, 2.24) is 4.90 Å². The Morgan fingerprint density at radius 3 is 2.64 bits per heavy atom. The van der Waals surface area contributed by atoms with E-state index in [1.54, 1.807) is 0 Å². The molecule has 3 saturated heterocycles. The first kappa shape index (κ1) is 23.8. The Morgan fingerprint density at radius 2 is 1.89 bits per heavy atom. The molecule has 2 aromatic rings. The summed E-state index contributed by atoms with van der Waals surface area (Å²) in [6.07, 6.45) is 6.33. The molecule has 6 nitrogen and oxygen atoms in total. The van der Waals surface area contributed by atoms with Crippen molar-refractivity contribution >= 4 is 17.3 Å². The normalized spacial score (nSPS) is 26.1. The Balaban J connectivity index is 1.03. The van der Waals surface area contributed by atoms with Gasteiger partial charge in [0.1, 0.15) is 5.75 Å². The second-order valence-electron chi connectivity index (χ2n) is 11.6. The van der Waals surface area contributed by atoms with Crippen molar-refractivity contribution in [3.63, 3.8) is 0 Å². The molecule has 0 aromatic heterocycles. The van der Waals surface area contributed by atoms with E-state index in [9.17, 15) is 4.79 Å². The van der Waals surface area contributed by atoms with Crippen LogP contribution in [0.2, 0.25) is 0 Å². The highest BCUT2D eigenvalue weighted by Gasteiger charge is 2.44. The Bertz CT molecular complexity index is 1080. The summed E-state index contributed by atoms with van der Waals surface area (Å²) in [4.78, 5) is 18.1. The summed E-state index contributed by atoms with van der Waals surface area (Å²) in [5.74, 6) is 2.19. The lowest BCUT2D eigenvalue weighted by atomic mass is 9.86. The number of nitrogens with zero attached hydrogens (tertiary/aromatic N) is 2. The second kappa shape index (κ2) is 10.1. The Labute approximate surface area is 214 Å². The maximum absolute atomic E-state index is 12.8. The van der Waals surface area contributed by atoms with Gasteiger partial charge in [0.2, 0.25) is 0 Å². The van der Waals surface area contributed by atoms with E-state index >= 15 is 0 Å². The zero-order chi connectivity index (χ0) is 24.5. The third-order valence-corrected chi connectivity index (χ3v) is 8.62. The fourth-order valence-corrected chi connectivity index (χ4v) is 6.15. The number of hydrogen-bond acceptors (Lipinski definition) is 5. The molecule has 3 heterocycles. The van der Waals surface area contributed by atoms with E-state index < -0.39 is 0 Å². The minimum absolute atomic E-state index is 0.0848. The quantitative estimate of drug-likeness (QED) is 0.567. The van der Waals surface area contributed by atoms with Gasteiger partial charge in [0.15, 0.2) is 0 Å². The molecule has 3 aliphatic heterocycles. The molecule has 2 aromatic carbocycles. The number of benzene rings is 2. The fourth-order valence-electron chi connectivity index (χ4n) is 6.15. The molecule has 1 amide bonds. The lowest BCUT2D eigenvalue weighted by molar-refractivity contribution is 0.102. The summed E-state index contributed by atoms with van der Waals surface area (Å²) in [5.41, 5.74) is 4.31. The van der Waals surface area contributed by atoms with Gasteiger partial charge in [0.25, 0.3) is 5.91 Å². The third kappa shape index (κ3) is 5.40. The van der Waals surface area contributed by atoms with Crippen molar-refractivity contribution in [2.45, 2.75) is 39.0 Å². The standard InChI is InChI=1S/C30H39N3O3/c1-22-16-26(33-14-12-30(21-33)11-13-32(20-30)17-24-10-15-35-18-24)6-9-28(22)31-29(34)25-4-7-27(8-5-25)36-19-23-2-3-23/h4-9,16,23-24H,2-3,10-15,17-21H2,1H3,(H,31,34). The predicted octanol–water partition coefficient (Wildman–Crippen LogP) is 4.97. The van der Waals surface area contributed by atoms with Crippen LogP contribution in [0.25, 0.3) is 0 Å². The van der Waals surface area contributed by atoms with Gasteiger partial charge < -0.3 is 24.6 Å². The first-order valence-corrected chi connectivity index (χ1v) is 13.8. The van der Waals surface area contributed by atoms with Gasteiger partial charge in [-0.1, -0.05) is 0 Å². The van der Waals surface area contributed by atoms with Crippen LogP contribution in [0.1, 0.15) is 48.0 Å². The number of anilines is 2. The summed E-state index contributed by atoms with van der Waals surface area (Å²) >= 11 is 0. The number of nitrogens with one attached hydrogen (secondary N) is 1. The zero-order valence-electron chi connectivity index (χ0n) is 21.5. The van der Waals surface area contributed by atoms with Crippen molar-refractivity contribution in [1.29, 1.82) is 0 Å². The molecule has 4 aliphatic rings. The second-order valence-corrected chi connectivity index (χ2v) is 11.6. The smallest absolute Gasteiger partial charge is 0.255 e. The Hall–Kier alpha value is -2.57. The van der Waals surface area contributed by atoms with Crippen LogP contribution in [0.15, 0.2) is 42.5 Å². The van der Waals surface area contributed by atoms with Crippen LogP contribution in [0.5, 0.6) is 5.75 Å². The predicted molar refractivity (Wildman–Crippen MR) is 143 cm³/mol. The highest BCUT2D eigenvalue weighted by molar-refractivity contribution is 6.04. The third-order valence-electron chi connectivity index (χ3n) is 8.62. The molecule has 0 radical (unpaired) electrons. The number of carbonyl (C=O) groups excluding carboxylic acids is 1. The molecule has 1 aliphatic carbocycles. The summed E-state index contributed by atoms with van der Waals surface area (Å²) in [5, 5.41) is 3.10. The fraction of sp³-hybridized carbons (Fsp3) is 0.567. The van der Waals surface area contributed by atoms with E-state index in [-0.39, 0.29) is 5.91 Å². The average Bonchev–Trinajstić information content (AvgIpc) is 3.23. The number of carbonyl (C=O) groups is 1. The molecule has 36 heavy (non-hydrogen) atoms. The SMILES string of the molecule is Cc1cc(N2CCC3(CCN(CC4CCOC4)C3)C2)ccc1NC(=O)c1ccc(OCC2CC2)cc1. The van der Waals surface area contributed by atoms with Gasteiger partial charge in [-0.25, -0.2) is 0 Å². The van der Waals surface area contributed by atoms with E-state index in [2.05, 4.69) is 40.2 Å². The first-order chi connectivity index (χ1) is 17.6. The monoisotopic (exact) mass is 489 g/mol. The van der Waals surface area contributed by atoms with Crippen molar-refractivity contribution in [3.8, 4) is 5.75 Å².